The Balaban J connectivity index is 2.13. The third-order valence-corrected chi connectivity index (χ3v) is 3.17. The number of nitrogens with one attached hydrogen (secondary N) is 1. The Kier molecular flexibility index (Phi) is 5.05. The highest BCUT2D eigenvalue weighted by Crippen LogP contribution is 2.25. The molecule has 6 nitrogen and oxygen atoms in total. The molecule has 0 spiro atoms. The van der Waals surface area contributed by atoms with Crippen LogP contribution in [0, 0.1) is 0 Å². The summed E-state index contributed by atoms with van der Waals surface area (Å²) in [6.45, 7) is 1.84. The van der Waals surface area contributed by atoms with Crippen LogP contribution in [0.4, 0.5) is 17.3 Å². The minimum absolute atomic E-state index is 0.804. The quantitative estimate of drug-likeness (QED) is 0.654. The number of hydrogen-bond donors (Lipinski definition) is 1. The summed E-state index contributed by atoms with van der Waals surface area (Å²) in [7, 11) is 8.02. The van der Waals surface area contributed by atoms with E-state index in [4.69, 9.17) is 0 Å². The first kappa shape index (κ1) is 15.2. The van der Waals surface area contributed by atoms with E-state index in [1.54, 1.807) is 0 Å². The van der Waals surface area contributed by atoms with Gasteiger partial charge in [0.25, 0.3) is 0 Å². The smallest absolute Gasteiger partial charge is 0.382 e. The van der Waals surface area contributed by atoms with Crippen molar-refractivity contribution in [3.8, 4) is 0 Å². The summed E-state index contributed by atoms with van der Waals surface area (Å²) >= 11 is 0. The van der Waals surface area contributed by atoms with E-state index in [1.165, 1.54) is 0 Å². The van der Waals surface area contributed by atoms with Crippen LogP contribution in [0.15, 0.2) is 46.9 Å². The van der Waals surface area contributed by atoms with Gasteiger partial charge >= 0.3 is 5.95 Å². The molecule has 1 aromatic carbocycles. The molecule has 0 saturated carbocycles. The fraction of sp³-hybridized carbons (Fsp3) is 0.400. The number of imidazole rings is 1. The predicted octanol–water partition coefficient (Wildman–Crippen LogP) is 2.24. The third kappa shape index (κ3) is 4.13. The lowest BCUT2D eigenvalue weighted by Gasteiger charge is -2.11. The molecule has 0 bridgehead atoms. The minimum atomic E-state index is 0.804. The van der Waals surface area contributed by atoms with Gasteiger partial charge in [-0.05, 0) is 26.2 Å². The van der Waals surface area contributed by atoms with E-state index in [1.807, 2.05) is 59.9 Å². The molecule has 112 valence electrons. The number of anilines is 1. The van der Waals surface area contributed by atoms with Gasteiger partial charge in [-0.1, -0.05) is 17.2 Å². The molecule has 0 fully saturated rings. The molecule has 0 unspecified atom stereocenters. The molecule has 0 aliphatic heterocycles. The van der Waals surface area contributed by atoms with Crippen LogP contribution in [0.5, 0.6) is 0 Å². The summed E-state index contributed by atoms with van der Waals surface area (Å²) in [6.07, 6.45) is 3.91. The average Bonchev–Trinajstić information content (AvgIpc) is 2.77. The third-order valence-electron chi connectivity index (χ3n) is 3.17. The van der Waals surface area contributed by atoms with Gasteiger partial charge in [0.1, 0.15) is 5.69 Å². The van der Waals surface area contributed by atoms with Crippen molar-refractivity contribution in [3.63, 3.8) is 0 Å². The topological polar surface area (TPSA) is 48.8 Å². The van der Waals surface area contributed by atoms with Gasteiger partial charge in [0.05, 0.1) is 32.2 Å². The van der Waals surface area contributed by atoms with Crippen molar-refractivity contribution < 1.29 is 4.57 Å². The minimum Gasteiger partial charge on any atom is -0.382 e. The highest BCUT2D eigenvalue weighted by atomic mass is 15.3. The van der Waals surface area contributed by atoms with E-state index in [0.29, 0.717) is 0 Å². The molecule has 6 heteroatoms. The standard InChI is InChI=1S/C15H22N6/c1-19(2)10-9-16-13-7-5-6-8-14(13)17-18-15-20(3)11-12-21(15)4/h5-8,11-12H,9-10H2,1-4H3/p+1. The Morgan fingerprint density at radius 3 is 2.67 bits per heavy atom. The second kappa shape index (κ2) is 6.99. The summed E-state index contributed by atoms with van der Waals surface area (Å²) in [6, 6.07) is 7.95. The Hall–Kier alpha value is -2.21. The molecule has 2 rings (SSSR count). The van der Waals surface area contributed by atoms with Gasteiger partial charge in [0, 0.05) is 18.2 Å². The first-order valence-corrected chi connectivity index (χ1v) is 6.98. The molecular formula is C15H23N6+. The fourth-order valence-corrected chi connectivity index (χ4v) is 1.95. The number of rotatable bonds is 6. The number of nitrogens with zero attached hydrogens (tertiary/aromatic N) is 5. The highest BCUT2D eigenvalue weighted by molar-refractivity contribution is 5.64. The van der Waals surface area contributed by atoms with Crippen molar-refractivity contribution in [2.24, 2.45) is 24.3 Å². The van der Waals surface area contributed by atoms with Crippen LogP contribution in [-0.4, -0.2) is 36.7 Å². The average molecular weight is 287 g/mol. The van der Waals surface area contributed by atoms with Gasteiger partial charge in [-0.3, -0.25) is 0 Å². The van der Waals surface area contributed by atoms with Crippen LogP contribution in [0.1, 0.15) is 0 Å². The molecule has 0 aliphatic rings. The molecule has 0 aliphatic carbocycles. The van der Waals surface area contributed by atoms with Crippen LogP contribution < -0.4 is 9.88 Å². The van der Waals surface area contributed by atoms with Gasteiger partial charge in [0.15, 0.2) is 0 Å². The molecule has 1 heterocycles. The number of hydrogen-bond acceptors (Lipinski definition) is 4. The zero-order chi connectivity index (χ0) is 15.2. The van der Waals surface area contributed by atoms with Gasteiger partial charge in [-0.2, -0.15) is 0 Å². The summed E-state index contributed by atoms with van der Waals surface area (Å²) in [5, 5.41) is 12.1. The lowest BCUT2D eigenvalue weighted by atomic mass is 10.2. The van der Waals surface area contributed by atoms with E-state index < -0.39 is 0 Å². The highest BCUT2D eigenvalue weighted by Gasteiger charge is 2.11. The first-order valence-electron chi connectivity index (χ1n) is 6.98. The zero-order valence-corrected chi connectivity index (χ0v) is 13.1. The van der Waals surface area contributed by atoms with Crippen molar-refractivity contribution in [3.05, 3.63) is 36.7 Å². The van der Waals surface area contributed by atoms with Crippen molar-refractivity contribution >= 4 is 17.3 Å². The maximum absolute atomic E-state index is 4.38. The predicted molar refractivity (Wildman–Crippen MR) is 84.3 cm³/mol. The van der Waals surface area contributed by atoms with Gasteiger partial charge in [-0.25, -0.2) is 9.13 Å². The molecule has 0 atom stereocenters. The maximum atomic E-state index is 4.38. The van der Waals surface area contributed by atoms with E-state index >= 15 is 0 Å². The maximum Gasteiger partial charge on any atom is 0.421 e. The van der Waals surface area contributed by atoms with E-state index in [9.17, 15) is 0 Å². The Morgan fingerprint density at radius 1 is 1.24 bits per heavy atom. The van der Waals surface area contributed by atoms with Crippen LogP contribution in [0.3, 0.4) is 0 Å². The number of benzene rings is 1. The summed E-state index contributed by atoms with van der Waals surface area (Å²) < 4.78 is 3.87. The molecule has 0 radical (unpaired) electrons. The van der Waals surface area contributed by atoms with E-state index in [0.717, 1.165) is 30.4 Å². The second-order valence-corrected chi connectivity index (χ2v) is 5.27. The van der Waals surface area contributed by atoms with Crippen LogP contribution in [0.2, 0.25) is 0 Å². The largest absolute Gasteiger partial charge is 0.421 e. The monoisotopic (exact) mass is 287 g/mol. The SMILES string of the molecule is CN(C)CCNc1ccccc1N=Nc1n(C)cc[n+]1C. The van der Waals surface area contributed by atoms with Crippen molar-refractivity contribution in [1.82, 2.24) is 9.47 Å². The van der Waals surface area contributed by atoms with Gasteiger partial charge < -0.3 is 10.2 Å². The molecule has 1 aromatic heterocycles. The Labute approximate surface area is 125 Å². The van der Waals surface area contributed by atoms with Crippen molar-refractivity contribution in [2.45, 2.75) is 0 Å². The van der Waals surface area contributed by atoms with Crippen LogP contribution in [0.25, 0.3) is 0 Å². The Morgan fingerprint density at radius 2 is 2.00 bits per heavy atom. The lowest BCUT2D eigenvalue weighted by molar-refractivity contribution is -0.657. The van der Waals surface area contributed by atoms with Gasteiger partial charge in [0.2, 0.25) is 0 Å². The molecular weight excluding hydrogens is 264 g/mol. The lowest BCUT2D eigenvalue weighted by Crippen LogP contribution is -2.25. The van der Waals surface area contributed by atoms with Crippen LogP contribution in [-0.2, 0) is 14.1 Å². The van der Waals surface area contributed by atoms with E-state index in [2.05, 4.69) is 34.5 Å². The number of likely N-dealkylation sites (N-methyl/N-ethyl adjacent to an activating group) is 1. The fourth-order valence-electron chi connectivity index (χ4n) is 1.95. The zero-order valence-electron chi connectivity index (χ0n) is 13.1. The second-order valence-electron chi connectivity index (χ2n) is 5.27. The number of aromatic nitrogens is 2. The molecule has 1 N–H and O–H groups in total. The summed E-state index contributed by atoms with van der Waals surface area (Å²) in [5.74, 6) is 0.804. The normalized spacial score (nSPS) is 11.5. The Bertz CT molecular complexity index is 595. The first-order chi connectivity index (χ1) is 10.1. The number of para-hydroxylation sites is 1. The summed E-state index contributed by atoms with van der Waals surface area (Å²) in [4.78, 5) is 2.14. The molecule has 21 heavy (non-hydrogen) atoms. The molecule has 2 aromatic rings. The molecule has 0 amide bonds. The number of aryl methyl sites for hydroxylation is 2. The van der Waals surface area contributed by atoms with Crippen molar-refractivity contribution in [1.29, 1.82) is 0 Å². The number of azo groups is 1. The summed E-state index contributed by atoms with van der Waals surface area (Å²) in [5.41, 5.74) is 1.84. The molecule has 0 saturated heterocycles. The van der Waals surface area contributed by atoms with E-state index in [-0.39, 0.29) is 0 Å². The van der Waals surface area contributed by atoms with Crippen LogP contribution >= 0.6 is 0 Å². The van der Waals surface area contributed by atoms with Crippen molar-refractivity contribution in [2.75, 3.05) is 32.5 Å². The van der Waals surface area contributed by atoms with Gasteiger partial charge in [-0.15, -0.1) is 0 Å².